The first kappa shape index (κ1) is 32.1. The quantitative estimate of drug-likeness (QED) is 0.110. The Bertz CT molecular complexity index is 2170. The number of hydrazine groups is 1. The third-order valence-electron chi connectivity index (χ3n) is 11.0. The minimum atomic E-state index is -1.67. The van der Waals surface area contributed by atoms with Crippen LogP contribution in [0.2, 0.25) is 0 Å². The van der Waals surface area contributed by atoms with Gasteiger partial charge in [-0.05, 0) is 61.6 Å². The Morgan fingerprint density at radius 1 is 0.863 bits per heavy atom. The standard InChI is InChI=1S/C39H31FN4O7/c1-21-10-12-23(13-11-21)41-43-36(47)30-20-29-26(18-19-27-32(29)37(48)42(35(27)46)24-14-16-25(17-15-24)44(50)51)33(28-8-5-9-31(40)34(28)45)39(30,38(43)49)22-6-3-2-4-7-22/h2-18,27,29-30,32-33,41,45H,19-20H2,1H3. The van der Waals surface area contributed by atoms with Crippen molar-refractivity contribution >= 4 is 40.7 Å². The van der Waals surface area contributed by atoms with Crippen LogP contribution >= 0.6 is 0 Å². The first-order valence-electron chi connectivity index (χ1n) is 16.6. The summed E-state index contributed by atoms with van der Waals surface area (Å²) in [6.07, 6.45) is 1.93. The molecule has 2 heterocycles. The van der Waals surface area contributed by atoms with E-state index in [0.717, 1.165) is 21.5 Å². The van der Waals surface area contributed by atoms with Gasteiger partial charge in [0.05, 0.1) is 39.5 Å². The van der Waals surface area contributed by atoms with Crippen molar-refractivity contribution in [3.8, 4) is 5.75 Å². The molecule has 8 rings (SSSR count). The number of rotatable bonds is 6. The SMILES string of the molecule is Cc1ccc(NN2C(=O)C3CC4C(=CCC5C(=O)N(c6ccc([N+](=O)[O-])cc6)C(=O)C54)C(c4cccc(F)c4O)C3(c3ccccc3)C2=O)cc1. The third kappa shape index (κ3) is 4.62. The molecule has 3 fully saturated rings. The van der Waals surface area contributed by atoms with Crippen molar-refractivity contribution in [3.63, 3.8) is 0 Å². The van der Waals surface area contributed by atoms with Crippen LogP contribution < -0.4 is 10.3 Å². The maximum absolute atomic E-state index is 15.3. The number of non-ortho nitro benzene ring substituents is 1. The highest BCUT2D eigenvalue weighted by molar-refractivity contribution is 6.22. The zero-order valence-corrected chi connectivity index (χ0v) is 27.2. The van der Waals surface area contributed by atoms with E-state index in [1.165, 1.54) is 36.4 Å². The zero-order valence-electron chi connectivity index (χ0n) is 27.2. The number of halogens is 1. The Morgan fingerprint density at radius 3 is 2.25 bits per heavy atom. The Morgan fingerprint density at radius 2 is 1.57 bits per heavy atom. The average Bonchev–Trinajstić information content (AvgIpc) is 3.51. The number of aromatic hydroxyl groups is 1. The van der Waals surface area contributed by atoms with Gasteiger partial charge in [0.15, 0.2) is 11.6 Å². The van der Waals surface area contributed by atoms with Gasteiger partial charge in [-0.2, -0.15) is 5.01 Å². The molecule has 2 saturated heterocycles. The number of nitrogens with one attached hydrogen (secondary N) is 1. The summed E-state index contributed by atoms with van der Waals surface area (Å²) in [6, 6.07) is 25.1. The number of imide groups is 2. The van der Waals surface area contributed by atoms with Gasteiger partial charge in [-0.25, -0.2) is 4.39 Å². The number of nitro groups is 1. The van der Waals surface area contributed by atoms with Crippen LogP contribution in [-0.4, -0.2) is 38.7 Å². The molecule has 6 atom stereocenters. The molecule has 0 aromatic heterocycles. The van der Waals surface area contributed by atoms with Crippen molar-refractivity contribution in [1.29, 1.82) is 0 Å². The number of hydrogen-bond acceptors (Lipinski definition) is 8. The van der Waals surface area contributed by atoms with Crippen LogP contribution in [0.3, 0.4) is 0 Å². The van der Waals surface area contributed by atoms with Crippen molar-refractivity contribution < 1.29 is 33.6 Å². The Balaban J connectivity index is 1.30. The highest BCUT2D eigenvalue weighted by Gasteiger charge is 2.70. The molecule has 4 aromatic rings. The highest BCUT2D eigenvalue weighted by Crippen LogP contribution is 2.65. The van der Waals surface area contributed by atoms with Crippen LogP contribution in [0.1, 0.15) is 35.4 Å². The van der Waals surface area contributed by atoms with Crippen molar-refractivity contribution in [2.45, 2.75) is 31.1 Å². The van der Waals surface area contributed by atoms with Crippen molar-refractivity contribution in [2.75, 3.05) is 10.3 Å². The summed E-state index contributed by atoms with van der Waals surface area (Å²) in [6.45, 7) is 1.91. The van der Waals surface area contributed by atoms with Crippen LogP contribution in [0.15, 0.2) is 109 Å². The first-order valence-corrected chi connectivity index (χ1v) is 16.6. The van der Waals surface area contributed by atoms with Crippen LogP contribution in [0.4, 0.5) is 21.5 Å². The van der Waals surface area contributed by atoms with Crippen molar-refractivity contribution in [1.82, 2.24) is 5.01 Å². The maximum atomic E-state index is 15.3. The number of aryl methyl sites for hydroxylation is 1. The van der Waals surface area contributed by atoms with E-state index in [9.17, 15) is 29.6 Å². The molecule has 12 heteroatoms. The summed E-state index contributed by atoms with van der Waals surface area (Å²) in [4.78, 5) is 69.8. The molecule has 4 amide bonds. The lowest BCUT2D eigenvalue weighted by Gasteiger charge is -2.50. The Kier molecular flexibility index (Phi) is 7.37. The van der Waals surface area contributed by atoms with E-state index in [2.05, 4.69) is 5.43 Å². The molecule has 51 heavy (non-hydrogen) atoms. The predicted molar refractivity (Wildman–Crippen MR) is 182 cm³/mol. The van der Waals surface area contributed by atoms with Crippen molar-refractivity contribution in [2.24, 2.45) is 23.7 Å². The summed E-state index contributed by atoms with van der Waals surface area (Å²) >= 11 is 0. The Hall–Kier alpha value is -6.17. The molecule has 11 nitrogen and oxygen atoms in total. The van der Waals surface area contributed by atoms with Gasteiger partial charge in [0, 0.05) is 23.6 Å². The second-order valence-electron chi connectivity index (χ2n) is 13.6. The van der Waals surface area contributed by atoms with Gasteiger partial charge in [0.1, 0.15) is 0 Å². The number of amides is 4. The molecule has 2 aliphatic heterocycles. The summed E-state index contributed by atoms with van der Waals surface area (Å²) < 4.78 is 15.3. The van der Waals surface area contributed by atoms with Crippen molar-refractivity contribution in [3.05, 3.63) is 141 Å². The number of phenolic OH excluding ortho intramolecular Hbond substituents is 1. The molecule has 4 aromatic carbocycles. The minimum absolute atomic E-state index is 0.0121. The fraction of sp³-hybridized carbons (Fsp3) is 0.231. The number of carbonyl (C=O) groups excluding carboxylic acids is 4. The maximum Gasteiger partial charge on any atom is 0.269 e. The lowest BCUT2D eigenvalue weighted by Crippen LogP contribution is -2.53. The second kappa shape index (κ2) is 11.7. The summed E-state index contributed by atoms with van der Waals surface area (Å²) in [5.41, 5.74) is 3.90. The molecule has 6 unspecified atom stereocenters. The molecule has 2 aliphatic carbocycles. The second-order valence-corrected chi connectivity index (χ2v) is 13.6. The Labute approximate surface area is 291 Å². The zero-order chi connectivity index (χ0) is 35.8. The fourth-order valence-electron chi connectivity index (χ4n) is 8.83. The molecule has 4 aliphatic rings. The minimum Gasteiger partial charge on any atom is -0.505 e. The van der Waals surface area contributed by atoms with E-state index in [1.807, 2.05) is 19.1 Å². The normalized spacial score (nSPS) is 26.8. The van der Waals surface area contributed by atoms with E-state index in [-0.39, 0.29) is 29.8 Å². The number of allylic oxidation sites excluding steroid dienone is 2. The van der Waals surface area contributed by atoms with Crippen LogP contribution in [0.5, 0.6) is 5.75 Å². The number of nitro benzene ring substituents is 1. The van der Waals surface area contributed by atoms with Crippen LogP contribution in [0, 0.1) is 46.5 Å². The molecule has 0 spiro atoms. The van der Waals surface area contributed by atoms with Gasteiger partial charge < -0.3 is 5.11 Å². The van der Waals surface area contributed by atoms with Crippen LogP contribution in [0.25, 0.3) is 0 Å². The monoisotopic (exact) mass is 686 g/mol. The van der Waals surface area contributed by atoms with Gasteiger partial charge in [0.2, 0.25) is 11.8 Å². The average molecular weight is 687 g/mol. The summed E-state index contributed by atoms with van der Waals surface area (Å²) in [5.74, 6) is -8.43. The molecule has 256 valence electrons. The smallest absolute Gasteiger partial charge is 0.269 e. The van der Waals surface area contributed by atoms with E-state index in [0.29, 0.717) is 16.8 Å². The molecule has 0 radical (unpaired) electrons. The summed E-state index contributed by atoms with van der Waals surface area (Å²) in [7, 11) is 0. The molecule has 0 bridgehead atoms. The van der Waals surface area contributed by atoms with E-state index in [1.54, 1.807) is 48.5 Å². The van der Waals surface area contributed by atoms with Crippen LogP contribution in [-0.2, 0) is 24.6 Å². The lowest BCUT2D eigenvalue weighted by atomic mass is 9.49. The number of nitrogens with zero attached hydrogens (tertiary/aromatic N) is 3. The molecule has 1 saturated carbocycles. The number of carbonyl (C=O) groups is 4. The number of benzene rings is 4. The van der Waals surface area contributed by atoms with Gasteiger partial charge in [0.25, 0.3) is 17.5 Å². The molecule has 2 N–H and O–H groups in total. The number of para-hydroxylation sites is 1. The van der Waals surface area contributed by atoms with Gasteiger partial charge in [-0.1, -0.05) is 71.8 Å². The largest absolute Gasteiger partial charge is 0.505 e. The summed E-state index contributed by atoms with van der Waals surface area (Å²) in [5, 5.41) is 23.6. The van der Waals surface area contributed by atoms with Gasteiger partial charge >= 0.3 is 0 Å². The first-order chi connectivity index (χ1) is 24.5. The van der Waals surface area contributed by atoms with Gasteiger partial charge in [-0.3, -0.25) is 39.6 Å². The lowest BCUT2D eigenvalue weighted by molar-refractivity contribution is -0.384. The van der Waals surface area contributed by atoms with E-state index in [4.69, 9.17) is 0 Å². The number of anilines is 2. The fourth-order valence-corrected chi connectivity index (χ4v) is 8.83. The topological polar surface area (TPSA) is 150 Å². The highest BCUT2D eigenvalue weighted by atomic mass is 19.1. The van der Waals surface area contributed by atoms with Gasteiger partial charge in [-0.15, -0.1) is 0 Å². The number of phenols is 1. The number of hydrogen-bond donors (Lipinski definition) is 2. The third-order valence-corrected chi connectivity index (χ3v) is 11.0. The number of fused-ring (bicyclic) bond motifs is 4. The van der Waals surface area contributed by atoms with E-state index >= 15 is 9.18 Å². The predicted octanol–water partition coefficient (Wildman–Crippen LogP) is 5.94. The molecular weight excluding hydrogens is 655 g/mol. The molecular formula is C39H31FN4O7. The van der Waals surface area contributed by atoms with E-state index < -0.39 is 75.1 Å².